The maximum absolute atomic E-state index is 10.6. The van der Waals surface area contributed by atoms with Crippen molar-refractivity contribution in [3.8, 4) is 5.75 Å². The van der Waals surface area contributed by atoms with E-state index in [0.717, 1.165) is 12.3 Å². The molecule has 31 heavy (non-hydrogen) atoms. The van der Waals surface area contributed by atoms with Gasteiger partial charge in [-0.3, -0.25) is 4.90 Å². The molecule has 1 N–H and O–H groups in total. The summed E-state index contributed by atoms with van der Waals surface area (Å²) in [6.45, 7) is 5.70. The Morgan fingerprint density at radius 1 is 1.10 bits per heavy atom. The number of benzene rings is 2. The van der Waals surface area contributed by atoms with Crippen LogP contribution in [0.15, 0.2) is 42.5 Å². The van der Waals surface area contributed by atoms with Crippen LogP contribution in [0.2, 0.25) is 0 Å². The number of aliphatic carboxylic acids is 1. The molecule has 0 unspecified atom stereocenters. The monoisotopic (exact) mass is 435 g/mol. The standard InChI is InChI=1S/C22H27NO.C2HF3O2/c1-17-3-6-19-9-10-22(21(19)15-17)11-13-23(14-12-22)16-18-4-7-20(24-2)8-5-18;3-2(4,5)1(6)7/h3-8,15H,9-14,16H2,1-2H3;(H,6,7). The third kappa shape index (κ3) is 5.58. The fourth-order valence-corrected chi connectivity index (χ4v) is 4.56. The summed E-state index contributed by atoms with van der Waals surface area (Å²) in [6.07, 6.45) is 0.148. The van der Waals surface area contributed by atoms with Crippen LogP contribution in [0, 0.1) is 6.92 Å². The lowest BCUT2D eigenvalue weighted by Gasteiger charge is -2.40. The number of halogens is 3. The number of fused-ring (bicyclic) bond motifs is 2. The van der Waals surface area contributed by atoms with Crippen molar-refractivity contribution in [2.45, 2.75) is 50.7 Å². The van der Waals surface area contributed by atoms with E-state index in [-0.39, 0.29) is 0 Å². The van der Waals surface area contributed by atoms with Gasteiger partial charge in [-0.15, -0.1) is 0 Å². The zero-order chi connectivity index (χ0) is 22.6. The Bertz CT molecular complexity index is 901. The van der Waals surface area contributed by atoms with Crippen LogP contribution in [0.5, 0.6) is 5.75 Å². The quantitative estimate of drug-likeness (QED) is 0.727. The molecular weight excluding hydrogens is 407 g/mol. The molecule has 1 saturated heterocycles. The molecule has 0 saturated carbocycles. The van der Waals surface area contributed by atoms with Crippen LogP contribution in [0.25, 0.3) is 0 Å². The molecule has 4 rings (SSSR count). The number of carboxylic acids is 1. The predicted octanol–water partition coefficient (Wildman–Crippen LogP) is 5.12. The van der Waals surface area contributed by atoms with E-state index in [1.807, 2.05) is 0 Å². The minimum Gasteiger partial charge on any atom is -0.497 e. The highest BCUT2D eigenvalue weighted by molar-refractivity contribution is 5.73. The minimum absolute atomic E-state index is 0.456. The second-order valence-corrected chi connectivity index (χ2v) is 8.37. The van der Waals surface area contributed by atoms with E-state index in [2.05, 4.69) is 54.3 Å². The molecule has 7 heteroatoms. The van der Waals surface area contributed by atoms with Crippen LogP contribution in [0.3, 0.4) is 0 Å². The Labute approximate surface area is 180 Å². The zero-order valence-electron chi connectivity index (χ0n) is 17.8. The first-order valence-corrected chi connectivity index (χ1v) is 10.4. The first-order chi connectivity index (χ1) is 14.6. The first kappa shape index (κ1) is 23.1. The van der Waals surface area contributed by atoms with Gasteiger partial charge in [0, 0.05) is 6.54 Å². The summed E-state index contributed by atoms with van der Waals surface area (Å²) in [6, 6.07) is 15.6. The minimum atomic E-state index is -5.08. The lowest BCUT2D eigenvalue weighted by atomic mass is 9.73. The number of aryl methyl sites for hydroxylation is 2. The SMILES string of the molecule is COc1ccc(CN2CCC3(CCc4ccc(C)cc43)CC2)cc1.O=C(O)C(F)(F)F. The first-order valence-electron chi connectivity index (χ1n) is 10.4. The third-order valence-corrected chi connectivity index (χ3v) is 6.33. The smallest absolute Gasteiger partial charge is 0.490 e. The van der Waals surface area contributed by atoms with Crippen molar-refractivity contribution in [1.82, 2.24) is 4.90 Å². The molecule has 2 aliphatic rings. The van der Waals surface area contributed by atoms with E-state index in [1.165, 1.54) is 49.9 Å². The highest BCUT2D eigenvalue weighted by Gasteiger charge is 2.41. The normalized spacial score (nSPS) is 17.6. The van der Waals surface area contributed by atoms with Crippen LogP contribution < -0.4 is 4.74 Å². The van der Waals surface area contributed by atoms with E-state index in [9.17, 15) is 13.2 Å². The van der Waals surface area contributed by atoms with Gasteiger partial charge in [0.05, 0.1) is 7.11 Å². The van der Waals surface area contributed by atoms with Crippen LogP contribution in [-0.4, -0.2) is 42.4 Å². The summed E-state index contributed by atoms with van der Waals surface area (Å²) < 4.78 is 37.0. The predicted molar refractivity (Wildman–Crippen MR) is 112 cm³/mol. The highest BCUT2D eigenvalue weighted by Crippen LogP contribution is 2.46. The fourth-order valence-electron chi connectivity index (χ4n) is 4.56. The summed E-state index contributed by atoms with van der Waals surface area (Å²) in [7, 11) is 1.72. The molecule has 0 radical (unpaired) electrons. The summed E-state index contributed by atoms with van der Waals surface area (Å²) >= 11 is 0. The number of nitrogens with zero attached hydrogens (tertiary/aromatic N) is 1. The summed E-state index contributed by atoms with van der Waals surface area (Å²) in [5.74, 6) is -1.82. The molecule has 4 nitrogen and oxygen atoms in total. The number of rotatable bonds is 3. The van der Waals surface area contributed by atoms with Gasteiger partial charge in [-0.2, -0.15) is 13.2 Å². The number of ether oxygens (including phenoxy) is 1. The average Bonchev–Trinajstić information content (AvgIpc) is 3.07. The Morgan fingerprint density at radius 2 is 1.71 bits per heavy atom. The molecule has 2 aromatic rings. The van der Waals surface area contributed by atoms with Crippen molar-refractivity contribution < 1.29 is 27.8 Å². The van der Waals surface area contributed by atoms with Crippen molar-refractivity contribution in [3.05, 3.63) is 64.7 Å². The molecule has 0 aromatic heterocycles. The summed E-state index contributed by atoms with van der Waals surface area (Å²) in [5.41, 5.74) is 6.51. The average molecular weight is 435 g/mol. The second-order valence-electron chi connectivity index (χ2n) is 8.37. The number of carbonyl (C=O) groups is 1. The largest absolute Gasteiger partial charge is 0.497 e. The maximum Gasteiger partial charge on any atom is 0.490 e. The molecule has 1 fully saturated rings. The second kappa shape index (κ2) is 9.30. The van der Waals surface area contributed by atoms with Gasteiger partial charge in [0.1, 0.15) is 5.75 Å². The van der Waals surface area contributed by atoms with E-state index in [4.69, 9.17) is 14.6 Å². The number of alkyl halides is 3. The van der Waals surface area contributed by atoms with E-state index >= 15 is 0 Å². The number of carboxylic acid groups (broad SMARTS) is 1. The van der Waals surface area contributed by atoms with Gasteiger partial charge in [0.15, 0.2) is 0 Å². The Kier molecular flexibility index (Phi) is 6.94. The molecule has 1 spiro atoms. The number of likely N-dealkylation sites (tertiary alicyclic amines) is 1. The van der Waals surface area contributed by atoms with Crippen molar-refractivity contribution in [3.63, 3.8) is 0 Å². The third-order valence-electron chi connectivity index (χ3n) is 6.33. The van der Waals surface area contributed by atoms with Crippen molar-refractivity contribution in [2.24, 2.45) is 0 Å². The lowest BCUT2D eigenvalue weighted by Crippen LogP contribution is -2.41. The highest BCUT2D eigenvalue weighted by atomic mass is 19.4. The van der Waals surface area contributed by atoms with Crippen LogP contribution in [0.1, 0.15) is 41.5 Å². The molecule has 1 aliphatic carbocycles. The molecule has 1 heterocycles. The van der Waals surface area contributed by atoms with Gasteiger partial charge in [-0.05, 0) is 79.9 Å². The number of hydrogen-bond acceptors (Lipinski definition) is 3. The van der Waals surface area contributed by atoms with E-state index < -0.39 is 12.1 Å². The van der Waals surface area contributed by atoms with Crippen molar-refractivity contribution in [2.75, 3.05) is 20.2 Å². The van der Waals surface area contributed by atoms with Crippen LogP contribution in [0.4, 0.5) is 13.2 Å². The topological polar surface area (TPSA) is 49.8 Å². The maximum atomic E-state index is 10.6. The number of hydrogen-bond donors (Lipinski definition) is 1. The molecule has 1 aliphatic heterocycles. The van der Waals surface area contributed by atoms with Crippen molar-refractivity contribution in [1.29, 1.82) is 0 Å². The van der Waals surface area contributed by atoms with Gasteiger partial charge in [-0.25, -0.2) is 4.79 Å². The molecule has 0 amide bonds. The molecular formula is C24H28F3NO3. The van der Waals surface area contributed by atoms with Gasteiger partial charge in [-0.1, -0.05) is 35.9 Å². The summed E-state index contributed by atoms with van der Waals surface area (Å²) in [4.78, 5) is 11.5. The molecule has 2 aromatic carbocycles. The van der Waals surface area contributed by atoms with Gasteiger partial charge >= 0.3 is 12.1 Å². The Balaban J connectivity index is 0.000000339. The van der Waals surface area contributed by atoms with Gasteiger partial charge < -0.3 is 9.84 Å². The molecule has 0 bridgehead atoms. The molecule has 0 atom stereocenters. The van der Waals surface area contributed by atoms with Crippen LogP contribution in [-0.2, 0) is 23.2 Å². The van der Waals surface area contributed by atoms with Gasteiger partial charge in [0.25, 0.3) is 0 Å². The summed E-state index contributed by atoms with van der Waals surface area (Å²) in [5, 5.41) is 7.12. The lowest BCUT2D eigenvalue weighted by molar-refractivity contribution is -0.192. The molecule has 168 valence electrons. The number of methoxy groups -OCH3 is 1. The van der Waals surface area contributed by atoms with Crippen molar-refractivity contribution >= 4 is 5.97 Å². The fraction of sp³-hybridized carbons (Fsp3) is 0.458. The Morgan fingerprint density at radius 3 is 2.26 bits per heavy atom. The van der Waals surface area contributed by atoms with Crippen LogP contribution >= 0.6 is 0 Å². The Hall–Kier alpha value is -2.54. The zero-order valence-corrected chi connectivity index (χ0v) is 17.8. The van der Waals surface area contributed by atoms with Gasteiger partial charge in [0.2, 0.25) is 0 Å². The number of piperidine rings is 1. The van der Waals surface area contributed by atoms with E-state index in [0.29, 0.717) is 5.41 Å². The van der Waals surface area contributed by atoms with E-state index in [1.54, 1.807) is 18.2 Å².